The molecule has 5 nitrogen and oxygen atoms in total. The molecule has 2 N–H and O–H groups in total. The molecule has 0 saturated heterocycles. The molecular formula is C20H21N3O2. The van der Waals surface area contributed by atoms with Crippen LogP contribution in [0.25, 0.3) is 0 Å². The van der Waals surface area contributed by atoms with Gasteiger partial charge in [-0.2, -0.15) is 5.10 Å². The number of aliphatic hydroxyl groups is 1. The third-order valence-corrected chi connectivity index (χ3v) is 4.12. The van der Waals surface area contributed by atoms with Gasteiger partial charge in [0, 0.05) is 24.5 Å². The van der Waals surface area contributed by atoms with E-state index < -0.39 is 6.10 Å². The highest BCUT2D eigenvalue weighted by atomic mass is 16.3. The minimum atomic E-state index is -0.718. The van der Waals surface area contributed by atoms with Crippen LogP contribution in [-0.2, 0) is 6.54 Å². The van der Waals surface area contributed by atoms with Crippen LogP contribution in [0.1, 0.15) is 33.2 Å². The lowest BCUT2D eigenvalue weighted by molar-refractivity contribution is 0.0916. The molecule has 1 atom stereocenters. The Balaban J connectivity index is 1.57. The van der Waals surface area contributed by atoms with Crippen LogP contribution in [0.3, 0.4) is 0 Å². The van der Waals surface area contributed by atoms with Crippen LogP contribution < -0.4 is 5.32 Å². The summed E-state index contributed by atoms with van der Waals surface area (Å²) in [4.78, 5) is 12.3. The predicted octanol–water partition coefficient (Wildman–Crippen LogP) is 2.70. The second-order valence-electron chi connectivity index (χ2n) is 5.98. The summed E-state index contributed by atoms with van der Waals surface area (Å²) >= 11 is 0. The molecule has 0 fully saturated rings. The Hall–Kier alpha value is -2.92. The van der Waals surface area contributed by atoms with Gasteiger partial charge in [-0.1, -0.05) is 36.4 Å². The number of hydrogen-bond donors (Lipinski definition) is 2. The highest BCUT2D eigenvalue weighted by molar-refractivity contribution is 5.94. The smallest absolute Gasteiger partial charge is 0.251 e. The van der Waals surface area contributed by atoms with Gasteiger partial charge in [-0.25, -0.2) is 0 Å². The summed E-state index contributed by atoms with van der Waals surface area (Å²) < 4.78 is 1.83. The summed E-state index contributed by atoms with van der Waals surface area (Å²) in [6.07, 6.45) is 2.92. The number of benzene rings is 2. The molecule has 2 aromatic carbocycles. The molecule has 5 heteroatoms. The Morgan fingerprint density at radius 2 is 1.92 bits per heavy atom. The molecule has 0 bridgehead atoms. The molecule has 0 saturated carbocycles. The number of rotatable bonds is 6. The van der Waals surface area contributed by atoms with E-state index in [1.165, 1.54) is 0 Å². The zero-order valence-electron chi connectivity index (χ0n) is 14.1. The van der Waals surface area contributed by atoms with E-state index in [-0.39, 0.29) is 12.5 Å². The van der Waals surface area contributed by atoms with Gasteiger partial charge in [0.15, 0.2) is 0 Å². The van der Waals surface area contributed by atoms with Gasteiger partial charge in [0.25, 0.3) is 5.91 Å². The third-order valence-electron chi connectivity index (χ3n) is 4.12. The maximum atomic E-state index is 12.3. The average molecular weight is 335 g/mol. The maximum absolute atomic E-state index is 12.3. The number of nitrogens with zero attached hydrogens (tertiary/aromatic N) is 2. The first kappa shape index (κ1) is 16.9. The fourth-order valence-corrected chi connectivity index (χ4v) is 2.70. The molecule has 1 heterocycles. The summed E-state index contributed by atoms with van der Waals surface area (Å²) in [5.74, 6) is -0.196. The topological polar surface area (TPSA) is 67.2 Å². The molecule has 128 valence electrons. The first-order chi connectivity index (χ1) is 12.1. The normalized spacial score (nSPS) is 11.9. The quantitative estimate of drug-likeness (QED) is 0.728. The van der Waals surface area contributed by atoms with E-state index in [1.807, 2.05) is 60.3 Å². The summed E-state index contributed by atoms with van der Waals surface area (Å²) in [5, 5.41) is 17.2. The Morgan fingerprint density at radius 1 is 1.16 bits per heavy atom. The second-order valence-corrected chi connectivity index (χ2v) is 5.98. The monoisotopic (exact) mass is 335 g/mol. The van der Waals surface area contributed by atoms with Crippen molar-refractivity contribution < 1.29 is 9.90 Å². The molecule has 0 aliphatic carbocycles. The summed E-state index contributed by atoms with van der Waals surface area (Å²) in [6.45, 7) is 2.79. The largest absolute Gasteiger partial charge is 0.387 e. The summed E-state index contributed by atoms with van der Waals surface area (Å²) in [5.41, 5.74) is 3.48. The zero-order chi connectivity index (χ0) is 17.6. The molecular weight excluding hydrogens is 314 g/mol. The van der Waals surface area contributed by atoms with E-state index >= 15 is 0 Å². The van der Waals surface area contributed by atoms with Crippen LogP contribution in [0.2, 0.25) is 0 Å². The van der Waals surface area contributed by atoms with Gasteiger partial charge < -0.3 is 10.4 Å². The molecule has 3 rings (SSSR count). The maximum Gasteiger partial charge on any atom is 0.251 e. The van der Waals surface area contributed by atoms with Crippen molar-refractivity contribution in [2.45, 2.75) is 19.6 Å². The molecule has 1 aromatic heterocycles. The van der Waals surface area contributed by atoms with Crippen LogP contribution in [0.4, 0.5) is 0 Å². The zero-order valence-corrected chi connectivity index (χ0v) is 14.1. The van der Waals surface area contributed by atoms with Crippen molar-refractivity contribution in [3.05, 3.63) is 89.2 Å². The molecule has 1 unspecified atom stereocenters. The van der Waals surface area contributed by atoms with Gasteiger partial charge in [-0.3, -0.25) is 9.48 Å². The van der Waals surface area contributed by atoms with Gasteiger partial charge in [-0.05, 0) is 41.8 Å². The molecule has 0 aliphatic heterocycles. The lowest BCUT2D eigenvalue weighted by atomic mass is 10.0. The van der Waals surface area contributed by atoms with Crippen molar-refractivity contribution in [3.8, 4) is 0 Å². The number of hydrogen-bond acceptors (Lipinski definition) is 3. The first-order valence-corrected chi connectivity index (χ1v) is 8.21. The molecule has 3 aromatic rings. The van der Waals surface area contributed by atoms with Gasteiger partial charge >= 0.3 is 0 Å². The average Bonchev–Trinajstić information content (AvgIpc) is 3.13. The lowest BCUT2D eigenvalue weighted by Crippen LogP contribution is -2.28. The minimum absolute atomic E-state index is 0.179. The Labute approximate surface area is 146 Å². The van der Waals surface area contributed by atoms with Gasteiger partial charge in [0.05, 0.1) is 12.6 Å². The lowest BCUT2D eigenvalue weighted by Gasteiger charge is -2.14. The van der Waals surface area contributed by atoms with Crippen molar-refractivity contribution in [3.63, 3.8) is 0 Å². The molecule has 0 spiro atoms. The van der Waals surface area contributed by atoms with E-state index in [1.54, 1.807) is 18.3 Å². The van der Waals surface area contributed by atoms with Crippen molar-refractivity contribution in [1.29, 1.82) is 0 Å². The van der Waals surface area contributed by atoms with Gasteiger partial charge in [0.2, 0.25) is 0 Å². The van der Waals surface area contributed by atoms with Crippen LogP contribution in [0.15, 0.2) is 67.0 Å². The SMILES string of the molecule is Cc1ccccc1C(O)CNC(=O)c1ccc(Cn2cccn2)cc1. The second kappa shape index (κ2) is 7.77. The molecule has 1 amide bonds. The Kier molecular flexibility index (Phi) is 5.26. The number of carbonyl (C=O) groups excluding carboxylic acids is 1. The van der Waals surface area contributed by atoms with Crippen LogP contribution in [0.5, 0.6) is 0 Å². The summed E-state index contributed by atoms with van der Waals surface area (Å²) in [7, 11) is 0. The fraction of sp³-hybridized carbons (Fsp3) is 0.200. The number of aliphatic hydroxyl groups excluding tert-OH is 1. The first-order valence-electron chi connectivity index (χ1n) is 8.21. The van der Waals surface area contributed by atoms with Gasteiger partial charge in [0.1, 0.15) is 0 Å². The number of nitrogens with one attached hydrogen (secondary N) is 1. The van der Waals surface area contributed by atoms with E-state index in [4.69, 9.17) is 0 Å². The fourth-order valence-electron chi connectivity index (χ4n) is 2.70. The van der Waals surface area contributed by atoms with Crippen molar-refractivity contribution in [2.24, 2.45) is 0 Å². The molecule has 0 aliphatic rings. The number of amides is 1. The standard InChI is InChI=1S/C20H21N3O2/c1-15-5-2-3-6-18(15)19(24)13-21-20(25)17-9-7-16(8-10-17)14-23-12-4-11-22-23/h2-12,19,24H,13-14H2,1H3,(H,21,25). The summed E-state index contributed by atoms with van der Waals surface area (Å²) in [6, 6.07) is 16.9. The minimum Gasteiger partial charge on any atom is -0.387 e. The number of aryl methyl sites for hydroxylation is 1. The van der Waals surface area contributed by atoms with E-state index in [2.05, 4.69) is 10.4 Å². The Morgan fingerprint density at radius 3 is 2.60 bits per heavy atom. The van der Waals surface area contributed by atoms with Crippen molar-refractivity contribution in [2.75, 3.05) is 6.54 Å². The van der Waals surface area contributed by atoms with E-state index in [0.29, 0.717) is 12.1 Å². The van der Waals surface area contributed by atoms with Gasteiger partial charge in [-0.15, -0.1) is 0 Å². The van der Waals surface area contributed by atoms with Crippen LogP contribution >= 0.6 is 0 Å². The highest BCUT2D eigenvalue weighted by Gasteiger charge is 2.12. The molecule has 0 radical (unpaired) electrons. The third kappa shape index (κ3) is 4.33. The van der Waals surface area contributed by atoms with Crippen molar-refractivity contribution in [1.82, 2.24) is 15.1 Å². The number of aromatic nitrogens is 2. The van der Waals surface area contributed by atoms with E-state index in [0.717, 1.165) is 16.7 Å². The highest BCUT2D eigenvalue weighted by Crippen LogP contribution is 2.16. The molecule has 25 heavy (non-hydrogen) atoms. The van der Waals surface area contributed by atoms with Crippen LogP contribution in [-0.4, -0.2) is 27.3 Å². The van der Waals surface area contributed by atoms with Crippen LogP contribution in [0, 0.1) is 6.92 Å². The predicted molar refractivity (Wildman–Crippen MR) is 96.2 cm³/mol. The number of carbonyl (C=O) groups is 1. The van der Waals surface area contributed by atoms with E-state index in [9.17, 15) is 9.90 Å². The Bertz CT molecular complexity index is 826. The van der Waals surface area contributed by atoms with Crippen molar-refractivity contribution >= 4 is 5.91 Å².